The molecule has 8 heteroatoms. The number of carbonyl (C=O) groups is 2. The van der Waals surface area contributed by atoms with Crippen LogP contribution in [0, 0.1) is 0 Å². The standard InChI is InChI=1S/C13H11N3O4S/c17-10-4-5-14-13(16-10)21-7-11(18)15-9-3-1-2-8(6-9)12(19)20/h1-6H,7H2,(H,15,18)(H,19,20)(H,14,16,17). The van der Waals surface area contributed by atoms with Gasteiger partial charge in [-0.05, 0) is 18.2 Å². The highest BCUT2D eigenvalue weighted by Crippen LogP contribution is 2.13. The van der Waals surface area contributed by atoms with E-state index >= 15 is 0 Å². The summed E-state index contributed by atoms with van der Waals surface area (Å²) in [6.07, 6.45) is 1.36. The highest BCUT2D eigenvalue weighted by molar-refractivity contribution is 7.99. The van der Waals surface area contributed by atoms with Crippen molar-refractivity contribution in [3.8, 4) is 0 Å². The summed E-state index contributed by atoms with van der Waals surface area (Å²) in [4.78, 5) is 40.0. The number of hydrogen-bond donors (Lipinski definition) is 3. The van der Waals surface area contributed by atoms with Crippen molar-refractivity contribution in [1.82, 2.24) is 9.97 Å². The Kier molecular flexibility index (Phi) is 4.72. The van der Waals surface area contributed by atoms with E-state index < -0.39 is 5.97 Å². The van der Waals surface area contributed by atoms with Crippen LogP contribution >= 0.6 is 11.8 Å². The van der Waals surface area contributed by atoms with Crippen molar-refractivity contribution in [2.24, 2.45) is 0 Å². The number of rotatable bonds is 5. The lowest BCUT2D eigenvalue weighted by Gasteiger charge is -2.05. The molecule has 3 N–H and O–H groups in total. The summed E-state index contributed by atoms with van der Waals surface area (Å²) in [6.45, 7) is 0. The predicted molar refractivity (Wildman–Crippen MR) is 77.6 cm³/mol. The monoisotopic (exact) mass is 305 g/mol. The Morgan fingerprint density at radius 2 is 2.14 bits per heavy atom. The van der Waals surface area contributed by atoms with Crippen LogP contribution in [0.5, 0.6) is 0 Å². The number of nitrogens with one attached hydrogen (secondary N) is 2. The number of anilines is 1. The Balaban J connectivity index is 1.94. The molecule has 108 valence electrons. The third kappa shape index (κ3) is 4.46. The van der Waals surface area contributed by atoms with Gasteiger partial charge in [-0.15, -0.1) is 0 Å². The number of aromatic amines is 1. The maximum absolute atomic E-state index is 11.8. The Bertz CT molecular complexity index is 729. The summed E-state index contributed by atoms with van der Waals surface area (Å²) in [5.74, 6) is -1.34. The Hall–Kier alpha value is -2.61. The zero-order valence-electron chi connectivity index (χ0n) is 10.7. The van der Waals surface area contributed by atoms with Crippen molar-refractivity contribution in [1.29, 1.82) is 0 Å². The average Bonchev–Trinajstić information content (AvgIpc) is 2.45. The molecular weight excluding hydrogens is 294 g/mol. The molecule has 7 nitrogen and oxygen atoms in total. The van der Waals surface area contributed by atoms with Crippen LogP contribution in [0.2, 0.25) is 0 Å². The van der Waals surface area contributed by atoms with E-state index in [1.165, 1.54) is 24.4 Å². The molecule has 0 unspecified atom stereocenters. The van der Waals surface area contributed by atoms with E-state index in [0.717, 1.165) is 11.8 Å². The van der Waals surface area contributed by atoms with E-state index in [2.05, 4.69) is 15.3 Å². The van der Waals surface area contributed by atoms with Gasteiger partial charge in [0.1, 0.15) is 0 Å². The fourth-order valence-electron chi connectivity index (χ4n) is 1.49. The summed E-state index contributed by atoms with van der Waals surface area (Å²) in [5.41, 5.74) is 0.201. The molecule has 1 heterocycles. The highest BCUT2D eigenvalue weighted by atomic mass is 32.2. The van der Waals surface area contributed by atoms with Gasteiger partial charge >= 0.3 is 5.97 Å². The number of aromatic nitrogens is 2. The largest absolute Gasteiger partial charge is 0.478 e. The number of nitrogens with zero attached hydrogens (tertiary/aromatic N) is 1. The Labute approximate surface area is 123 Å². The van der Waals surface area contributed by atoms with Gasteiger partial charge in [-0.3, -0.25) is 9.59 Å². The summed E-state index contributed by atoms with van der Waals surface area (Å²) < 4.78 is 0. The molecule has 1 amide bonds. The summed E-state index contributed by atoms with van der Waals surface area (Å²) in [6, 6.07) is 7.22. The number of thioether (sulfide) groups is 1. The number of carboxylic acid groups (broad SMARTS) is 1. The minimum Gasteiger partial charge on any atom is -0.478 e. The fraction of sp³-hybridized carbons (Fsp3) is 0.0769. The average molecular weight is 305 g/mol. The van der Waals surface area contributed by atoms with Gasteiger partial charge in [0.25, 0.3) is 5.56 Å². The summed E-state index contributed by atoms with van der Waals surface area (Å²) >= 11 is 1.08. The molecule has 0 spiro atoms. The molecule has 0 aliphatic rings. The second-order valence-electron chi connectivity index (χ2n) is 3.96. The molecule has 1 aromatic heterocycles. The molecule has 21 heavy (non-hydrogen) atoms. The van der Waals surface area contributed by atoms with E-state index in [1.54, 1.807) is 12.1 Å². The number of benzene rings is 1. The van der Waals surface area contributed by atoms with Crippen LogP contribution in [-0.2, 0) is 4.79 Å². The van der Waals surface area contributed by atoms with Crippen LogP contribution < -0.4 is 10.9 Å². The van der Waals surface area contributed by atoms with Crippen molar-refractivity contribution in [2.75, 3.05) is 11.1 Å². The molecule has 0 bridgehead atoms. The Morgan fingerprint density at radius 1 is 1.33 bits per heavy atom. The minimum atomic E-state index is -1.06. The first kappa shape index (κ1) is 14.8. The van der Waals surface area contributed by atoms with Crippen molar-refractivity contribution >= 4 is 29.3 Å². The smallest absolute Gasteiger partial charge is 0.335 e. The second kappa shape index (κ2) is 6.71. The number of amides is 1. The lowest BCUT2D eigenvalue weighted by Crippen LogP contribution is -2.15. The quantitative estimate of drug-likeness (QED) is 0.565. The van der Waals surface area contributed by atoms with Gasteiger partial charge in [0.05, 0.1) is 11.3 Å². The second-order valence-corrected chi connectivity index (χ2v) is 4.93. The molecule has 0 atom stereocenters. The first-order chi connectivity index (χ1) is 10.0. The van der Waals surface area contributed by atoms with E-state index in [-0.39, 0.29) is 22.8 Å². The van der Waals surface area contributed by atoms with Gasteiger partial charge in [0, 0.05) is 18.0 Å². The summed E-state index contributed by atoms with van der Waals surface area (Å²) in [5, 5.41) is 11.8. The van der Waals surface area contributed by atoms with Crippen LogP contribution in [0.4, 0.5) is 5.69 Å². The molecular formula is C13H11N3O4S. The zero-order valence-corrected chi connectivity index (χ0v) is 11.5. The SMILES string of the molecule is O=C(CSc1nccc(=O)[nH]1)Nc1cccc(C(=O)O)c1. The molecule has 0 fully saturated rings. The van der Waals surface area contributed by atoms with E-state index in [0.29, 0.717) is 10.8 Å². The summed E-state index contributed by atoms with van der Waals surface area (Å²) in [7, 11) is 0. The van der Waals surface area contributed by atoms with E-state index in [1.807, 2.05) is 0 Å². The van der Waals surface area contributed by atoms with Crippen LogP contribution in [-0.4, -0.2) is 32.7 Å². The van der Waals surface area contributed by atoms with Gasteiger partial charge < -0.3 is 15.4 Å². The van der Waals surface area contributed by atoms with Crippen LogP contribution in [0.1, 0.15) is 10.4 Å². The molecule has 0 aliphatic carbocycles. The predicted octanol–water partition coefficient (Wildman–Crippen LogP) is 1.20. The lowest BCUT2D eigenvalue weighted by atomic mass is 10.2. The van der Waals surface area contributed by atoms with Gasteiger partial charge in [-0.1, -0.05) is 17.8 Å². The number of hydrogen-bond acceptors (Lipinski definition) is 5. The van der Waals surface area contributed by atoms with Crippen LogP contribution in [0.25, 0.3) is 0 Å². The van der Waals surface area contributed by atoms with Gasteiger partial charge in [-0.25, -0.2) is 9.78 Å². The molecule has 2 aromatic rings. The molecule has 0 saturated carbocycles. The molecule has 0 saturated heterocycles. The zero-order chi connectivity index (χ0) is 15.2. The normalized spacial score (nSPS) is 10.1. The number of carbonyl (C=O) groups excluding carboxylic acids is 1. The maximum atomic E-state index is 11.8. The van der Waals surface area contributed by atoms with Gasteiger partial charge in [0.15, 0.2) is 5.16 Å². The molecule has 1 aromatic carbocycles. The number of aromatic carboxylic acids is 1. The van der Waals surface area contributed by atoms with Gasteiger partial charge in [-0.2, -0.15) is 0 Å². The Morgan fingerprint density at radius 3 is 2.86 bits per heavy atom. The first-order valence-corrected chi connectivity index (χ1v) is 6.84. The highest BCUT2D eigenvalue weighted by Gasteiger charge is 2.07. The molecule has 0 radical (unpaired) electrons. The molecule has 0 aliphatic heterocycles. The fourth-order valence-corrected chi connectivity index (χ4v) is 2.13. The third-order valence-corrected chi connectivity index (χ3v) is 3.27. The number of carboxylic acids is 1. The van der Waals surface area contributed by atoms with Crippen LogP contribution in [0.15, 0.2) is 46.5 Å². The van der Waals surface area contributed by atoms with Crippen molar-refractivity contribution in [2.45, 2.75) is 5.16 Å². The third-order valence-electron chi connectivity index (χ3n) is 2.38. The maximum Gasteiger partial charge on any atom is 0.335 e. The van der Waals surface area contributed by atoms with Crippen molar-refractivity contribution < 1.29 is 14.7 Å². The van der Waals surface area contributed by atoms with Crippen molar-refractivity contribution in [3.05, 3.63) is 52.4 Å². The lowest BCUT2D eigenvalue weighted by molar-refractivity contribution is -0.113. The minimum absolute atomic E-state index is 0.0459. The first-order valence-electron chi connectivity index (χ1n) is 5.86. The molecule has 2 rings (SSSR count). The van der Waals surface area contributed by atoms with Crippen molar-refractivity contribution in [3.63, 3.8) is 0 Å². The topological polar surface area (TPSA) is 112 Å². The van der Waals surface area contributed by atoms with E-state index in [9.17, 15) is 14.4 Å². The van der Waals surface area contributed by atoms with Gasteiger partial charge in [0.2, 0.25) is 5.91 Å². The van der Waals surface area contributed by atoms with Crippen LogP contribution in [0.3, 0.4) is 0 Å². The number of H-pyrrole nitrogens is 1. The van der Waals surface area contributed by atoms with E-state index in [4.69, 9.17) is 5.11 Å².